The maximum absolute atomic E-state index is 12.6. The van der Waals surface area contributed by atoms with Crippen molar-refractivity contribution in [3.05, 3.63) is 59.8 Å². The standard InChI is InChI=1S/C22H22N4O2/c1-28-18-7-4-15(5-8-18)22(27)25-17-3-2-12-26(14-17)20-9-6-16(13-23)21-19(20)10-11-24-21/h4-11,17,24H,2-3,12,14H2,1H3,(H,25,27). The minimum atomic E-state index is -0.0684. The number of piperidine rings is 1. The summed E-state index contributed by atoms with van der Waals surface area (Å²) < 4.78 is 5.15. The number of fused-ring (bicyclic) bond motifs is 1. The third-order valence-electron chi connectivity index (χ3n) is 5.27. The summed E-state index contributed by atoms with van der Waals surface area (Å²) in [4.78, 5) is 18.1. The number of carbonyl (C=O) groups excluding carboxylic acids is 1. The van der Waals surface area contributed by atoms with Gasteiger partial charge in [-0.15, -0.1) is 0 Å². The van der Waals surface area contributed by atoms with Gasteiger partial charge in [0.05, 0.1) is 18.2 Å². The Bertz CT molecular complexity index is 1030. The van der Waals surface area contributed by atoms with E-state index in [9.17, 15) is 10.1 Å². The van der Waals surface area contributed by atoms with Gasteiger partial charge in [0.1, 0.15) is 11.8 Å². The molecule has 4 rings (SSSR count). The van der Waals surface area contributed by atoms with Crippen molar-refractivity contribution in [3.8, 4) is 11.8 Å². The highest BCUT2D eigenvalue weighted by molar-refractivity contribution is 5.96. The van der Waals surface area contributed by atoms with Crippen LogP contribution in [0.4, 0.5) is 5.69 Å². The normalized spacial score (nSPS) is 16.6. The summed E-state index contributed by atoms with van der Waals surface area (Å²) in [6.07, 6.45) is 3.81. The largest absolute Gasteiger partial charge is 0.497 e. The monoisotopic (exact) mass is 374 g/mol. The number of nitriles is 1. The average Bonchev–Trinajstić information content (AvgIpc) is 3.23. The maximum atomic E-state index is 12.6. The van der Waals surface area contributed by atoms with E-state index in [1.165, 1.54) is 0 Å². The molecule has 6 heteroatoms. The number of hydrogen-bond donors (Lipinski definition) is 2. The Morgan fingerprint density at radius 3 is 2.82 bits per heavy atom. The van der Waals surface area contributed by atoms with Gasteiger partial charge in [-0.05, 0) is 55.3 Å². The number of hydrogen-bond acceptors (Lipinski definition) is 4. The lowest BCUT2D eigenvalue weighted by molar-refractivity contribution is 0.0933. The van der Waals surface area contributed by atoms with Gasteiger partial charge in [-0.25, -0.2) is 0 Å². The third kappa shape index (κ3) is 3.39. The van der Waals surface area contributed by atoms with Crippen molar-refractivity contribution in [3.63, 3.8) is 0 Å². The summed E-state index contributed by atoms with van der Waals surface area (Å²) in [5.41, 5.74) is 3.23. The van der Waals surface area contributed by atoms with Crippen LogP contribution in [0.2, 0.25) is 0 Å². The fourth-order valence-corrected chi connectivity index (χ4v) is 3.83. The van der Waals surface area contributed by atoms with Crippen LogP contribution in [0, 0.1) is 11.3 Å². The first-order valence-corrected chi connectivity index (χ1v) is 9.39. The van der Waals surface area contributed by atoms with Crippen LogP contribution < -0.4 is 15.0 Å². The molecular formula is C22H22N4O2. The molecule has 2 heterocycles. The highest BCUT2D eigenvalue weighted by Gasteiger charge is 2.23. The van der Waals surface area contributed by atoms with Crippen molar-refractivity contribution >= 4 is 22.5 Å². The number of ether oxygens (including phenoxy) is 1. The molecule has 0 radical (unpaired) electrons. The van der Waals surface area contributed by atoms with Crippen molar-refractivity contribution < 1.29 is 9.53 Å². The Kier molecular flexibility index (Phi) is 4.90. The molecule has 0 bridgehead atoms. The lowest BCUT2D eigenvalue weighted by atomic mass is 10.0. The van der Waals surface area contributed by atoms with E-state index in [1.54, 1.807) is 31.4 Å². The molecule has 1 atom stereocenters. The van der Waals surface area contributed by atoms with Gasteiger partial charge in [-0.1, -0.05) is 0 Å². The highest BCUT2D eigenvalue weighted by atomic mass is 16.5. The van der Waals surface area contributed by atoms with E-state index in [0.29, 0.717) is 11.1 Å². The summed E-state index contributed by atoms with van der Waals surface area (Å²) >= 11 is 0. The van der Waals surface area contributed by atoms with Crippen LogP contribution in [0.3, 0.4) is 0 Å². The van der Waals surface area contributed by atoms with Gasteiger partial charge in [0, 0.05) is 42.0 Å². The van der Waals surface area contributed by atoms with E-state index in [2.05, 4.69) is 21.3 Å². The van der Waals surface area contributed by atoms with Gasteiger partial charge in [0.2, 0.25) is 0 Å². The Hall–Kier alpha value is -3.46. The summed E-state index contributed by atoms with van der Waals surface area (Å²) in [5, 5.41) is 13.5. The molecule has 3 aromatic rings. The SMILES string of the molecule is COc1ccc(C(=O)NC2CCCN(c3ccc(C#N)c4[nH]ccc34)C2)cc1. The van der Waals surface area contributed by atoms with Crippen LogP contribution in [0.1, 0.15) is 28.8 Å². The Morgan fingerprint density at radius 1 is 1.25 bits per heavy atom. The second-order valence-corrected chi connectivity index (χ2v) is 7.00. The van der Waals surface area contributed by atoms with E-state index < -0.39 is 0 Å². The molecule has 1 amide bonds. The number of nitrogens with zero attached hydrogens (tertiary/aromatic N) is 2. The van der Waals surface area contributed by atoms with Crippen LogP contribution in [0.25, 0.3) is 10.9 Å². The van der Waals surface area contributed by atoms with E-state index >= 15 is 0 Å². The van der Waals surface area contributed by atoms with E-state index in [-0.39, 0.29) is 11.9 Å². The van der Waals surface area contributed by atoms with Crippen molar-refractivity contribution in [2.45, 2.75) is 18.9 Å². The molecule has 0 aliphatic carbocycles. The van der Waals surface area contributed by atoms with Gasteiger partial charge < -0.3 is 19.9 Å². The number of aromatic nitrogens is 1. The van der Waals surface area contributed by atoms with Crippen molar-refractivity contribution in [2.24, 2.45) is 0 Å². The molecule has 6 nitrogen and oxygen atoms in total. The van der Waals surface area contributed by atoms with E-state index in [1.807, 2.05) is 24.4 Å². The molecule has 1 unspecified atom stereocenters. The number of nitrogens with one attached hydrogen (secondary N) is 2. The molecule has 1 fully saturated rings. The summed E-state index contributed by atoms with van der Waals surface area (Å²) in [7, 11) is 1.61. The second-order valence-electron chi connectivity index (χ2n) is 7.00. The summed E-state index contributed by atoms with van der Waals surface area (Å²) in [6.45, 7) is 1.68. The zero-order valence-corrected chi connectivity index (χ0v) is 15.7. The fraction of sp³-hybridized carbons (Fsp3) is 0.273. The zero-order chi connectivity index (χ0) is 19.5. The number of amides is 1. The Balaban J connectivity index is 1.50. The smallest absolute Gasteiger partial charge is 0.251 e. The first-order valence-electron chi connectivity index (χ1n) is 9.39. The lowest BCUT2D eigenvalue weighted by Gasteiger charge is -2.35. The quantitative estimate of drug-likeness (QED) is 0.733. The molecule has 2 aromatic carbocycles. The minimum Gasteiger partial charge on any atom is -0.497 e. The fourth-order valence-electron chi connectivity index (χ4n) is 3.83. The Morgan fingerprint density at radius 2 is 2.07 bits per heavy atom. The van der Waals surface area contributed by atoms with Crippen LogP contribution in [0.5, 0.6) is 5.75 Å². The first kappa shape index (κ1) is 17.9. The number of rotatable bonds is 4. The lowest BCUT2D eigenvalue weighted by Crippen LogP contribution is -2.47. The predicted molar refractivity (Wildman–Crippen MR) is 109 cm³/mol. The third-order valence-corrected chi connectivity index (χ3v) is 5.27. The molecule has 0 saturated carbocycles. The van der Waals surface area contributed by atoms with Crippen molar-refractivity contribution in [1.29, 1.82) is 5.26 Å². The van der Waals surface area contributed by atoms with Crippen molar-refractivity contribution in [2.75, 3.05) is 25.1 Å². The maximum Gasteiger partial charge on any atom is 0.251 e. The van der Waals surface area contributed by atoms with Crippen LogP contribution >= 0.6 is 0 Å². The van der Waals surface area contributed by atoms with Gasteiger partial charge in [-0.3, -0.25) is 4.79 Å². The zero-order valence-electron chi connectivity index (χ0n) is 15.7. The minimum absolute atomic E-state index is 0.0684. The number of aromatic amines is 1. The second kappa shape index (κ2) is 7.65. The van der Waals surface area contributed by atoms with Gasteiger partial charge >= 0.3 is 0 Å². The van der Waals surface area contributed by atoms with E-state index in [4.69, 9.17) is 4.74 Å². The molecular weight excluding hydrogens is 352 g/mol. The molecule has 142 valence electrons. The Labute approximate surface area is 163 Å². The van der Waals surface area contributed by atoms with Crippen LogP contribution in [0.15, 0.2) is 48.7 Å². The number of benzene rings is 2. The van der Waals surface area contributed by atoms with Gasteiger partial charge in [0.15, 0.2) is 0 Å². The molecule has 0 spiro atoms. The molecule has 1 saturated heterocycles. The van der Waals surface area contributed by atoms with Crippen LogP contribution in [-0.2, 0) is 0 Å². The molecule has 1 aliphatic rings. The average molecular weight is 374 g/mol. The number of anilines is 1. The van der Waals surface area contributed by atoms with Crippen LogP contribution in [-0.4, -0.2) is 37.1 Å². The summed E-state index contributed by atoms with van der Waals surface area (Å²) in [5.74, 6) is 0.665. The van der Waals surface area contributed by atoms with Crippen molar-refractivity contribution in [1.82, 2.24) is 10.3 Å². The number of carbonyl (C=O) groups is 1. The summed E-state index contributed by atoms with van der Waals surface area (Å²) in [6, 6.07) is 15.3. The predicted octanol–water partition coefficient (Wildman–Crippen LogP) is 3.45. The first-order chi connectivity index (χ1) is 13.7. The number of H-pyrrole nitrogens is 1. The molecule has 2 N–H and O–H groups in total. The highest BCUT2D eigenvalue weighted by Crippen LogP contribution is 2.30. The number of methoxy groups -OCH3 is 1. The topological polar surface area (TPSA) is 81.2 Å². The molecule has 1 aromatic heterocycles. The molecule has 28 heavy (non-hydrogen) atoms. The van der Waals surface area contributed by atoms with Gasteiger partial charge in [0.25, 0.3) is 5.91 Å². The van der Waals surface area contributed by atoms with Gasteiger partial charge in [-0.2, -0.15) is 5.26 Å². The van der Waals surface area contributed by atoms with E-state index in [0.717, 1.165) is 48.3 Å². The molecule has 1 aliphatic heterocycles.